The largest absolute Gasteiger partial charge is 0.385 e. The lowest BCUT2D eigenvalue weighted by atomic mass is 10.0. The van der Waals surface area contributed by atoms with Gasteiger partial charge in [0.05, 0.1) is 24.8 Å². The molecule has 6 heteroatoms. The first kappa shape index (κ1) is 13.0. The van der Waals surface area contributed by atoms with Crippen LogP contribution < -0.4 is 0 Å². The van der Waals surface area contributed by atoms with Gasteiger partial charge in [-0.2, -0.15) is 5.26 Å². The van der Waals surface area contributed by atoms with Gasteiger partial charge in [0, 0.05) is 32.8 Å². The van der Waals surface area contributed by atoms with Crippen molar-refractivity contribution in [2.75, 3.05) is 26.9 Å². The Hall–Kier alpha value is -1.45. The molecule has 1 aromatic heterocycles. The van der Waals surface area contributed by atoms with Gasteiger partial charge < -0.3 is 9.47 Å². The Balaban J connectivity index is 2.14. The third-order valence-corrected chi connectivity index (χ3v) is 3.13. The van der Waals surface area contributed by atoms with Crippen LogP contribution in [0.2, 0.25) is 0 Å². The number of hydrogen-bond acceptors (Lipinski definition) is 5. The van der Waals surface area contributed by atoms with Crippen molar-refractivity contribution in [1.29, 1.82) is 5.26 Å². The fraction of sp³-hybridized carbons (Fsp3) is 0.750. The third-order valence-electron chi connectivity index (χ3n) is 3.13. The highest BCUT2D eigenvalue weighted by Crippen LogP contribution is 2.27. The lowest BCUT2D eigenvalue weighted by Crippen LogP contribution is -2.12. The minimum Gasteiger partial charge on any atom is -0.385 e. The Morgan fingerprint density at radius 1 is 1.61 bits per heavy atom. The highest BCUT2D eigenvalue weighted by Gasteiger charge is 2.25. The smallest absolute Gasteiger partial charge is 0.100 e. The van der Waals surface area contributed by atoms with Crippen LogP contribution in [0.15, 0.2) is 0 Å². The monoisotopic (exact) mass is 250 g/mol. The van der Waals surface area contributed by atoms with Crippen LogP contribution in [-0.2, 0) is 22.4 Å². The molecule has 0 spiro atoms. The van der Waals surface area contributed by atoms with Crippen molar-refractivity contribution in [2.45, 2.75) is 31.7 Å². The SMILES string of the molecule is COCCCn1nnc(CC#N)c1C1CCOC1. The molecule has 0 radical (unpaired) electrons. The summed E-state index contributed by atoms with van der Waals surface area (Å²) in [7, 11) is 1.69. The summed E-state index contributed by atoms with van der Waals surface area (Å²) in [5.41, 5.74) is 1.87. The summed E-state index contributed by atoms with van der Waals surface area (Å²) < 4.78 is 12.4. The van der Waals surface area contributed by atoms with Crippen molar-refractivity contribution in [3.8, 4) is 6.07 Å². The Bertz CT molecular complexity index is 418. The van der Waals surface area contributed by atoms with Gasteiger partial charge >= 0.3 is 0 Å². The molecule has 18 heavy (non-hydrogen) atoms. The number of aromatic nitrogens is 3. The maximum Gasteiger partial charge on any atom is 0.100 e. The summed E-state index contributed by atoms with van der Waals surface area (Å²) in [4.78, 5) is 0. The molecule has 1 aliphatic heterocycles. The molecule has 6 nitrogen and oxygen atoms in total. The van der Waals surface area contributed by atoms with E-state index in [9.17, 15) is 0 Å². The van der Waals surface area contributed by atoms with Crippen LogP contribution in [-0.4, -0.2) is 41.9 Å². The molecule has 1 saturated heterocycles. The van der Waals surface area contributed by atoms with E-state index < -0.39 is 0 Å². The fourth-order valence-electron chi connectivity index (χ4n) is 2.28. The number of hydrogen-bond donors (Lipinski definition) is 0. The standard InChI is InChI=1S/C12H18N4O2/c1-17-7-2-6-16-12(10-4-8-18-9-10)11(3-5-13)14-15-16/h10H,2-4,6-9H2,1H3. The van der Waals surface area contributed by atoms with E-state index in [1.54, 1.807) is 7.11 Å². The molecular weight excluding hydrogens is 232 g/mol. The molecule has 98 valence electrons. The van der Waals surface area contributed by atoms with Crippen molar-refractivity contribution in [3.63, 3.8) is 0 Å². The zero-order valence-corrected chi connectivity index (χ0v) is 10.6. The van der Waals surface area contributed by atoms with E-state index in [1.165, 1.54) is 0 Å². The molecule has 2 heterocycles. The molecule has 0 bridgehead atoms. The minimum absolute atomic E-state index is 0.316. The summed E-state index contributed by atoms with van der Waals surface area (Å²) in [6.07, 6.45) is 2.19. The molecule has 1 fully saturated rings. The topological polar surface area (TPSA) is 73.0 Å². The number of methoxy groups -OCH3 is 1. The van der Waals surface area contributed by atoms with Gasteiger partial charge in [0.25, 0.3) is 0 Å². The van der Waals surface area contributed by atoms with E-state index in [0.717, 1.165) is 37.4 Å². The first-order valence-corrected chi connectivity index (χ1v) is 6.22. The predicted molar refractivity (Wildman–Crippen MR) is 64.0 cm³/mol. The van der Waals surface area contributed by atoms with Gasteiger partial charge in [0.1, 0.15) is 5.69 Å². The van der Waals surface area contributed by atoms with Crippen LogP contribution in [0.1, 0.15) is 30.1 Å². The Morgan fingerprint density at radius 2 is 2.50 bits per heavy atom. The molecule has 1 unspecified atom stereocenters. The van der Waals surface area contributed by atoms with E-state index >= 15 is 0 Å². The number of aryl methyl sites for hydroxylation is 1. The Labute approximate surface area is 106 Å². The van der Waals surface area contributed by atoms with Crippen molar-refractivity contribution >= 4 is 0 Å². The predicted octanol–water partition coefficient (Wildman–Crippen LogP) is 0.885. The second-order valence-electron chi connectivity index (χ2n) is 4.39. The average molecular weight is 250 g/mol. The second kappa shape index (κ2) is 6.47. The summed E-state index contributed by atoms with van der Waals surface area (Å²) >= 11 is 0. The van der Waals surface area contributed by atoms with Gasteiger partial charge in [-0.05, 0) is 12.8 Å². The van der Waals surface area contributed by atoms with Crippen LogP contribution in [0.4, 0.5) is 0 Å². The first-order valence-electron chi connectivity index (χ1n) is 6.22. The molecule has 1 atom stereocenters. The van der Waals surface area contributed by atoms with Crippen molar-refractivity contribution < 1.29 is 9.47 Å². The molecule has 1 aliphatic rings. The van der Waals surface area contributed by atoms with Gasteiger partial charge in [-0.15, -0.1) is 5.10 Å². The zero-order valence-electron chi connectivity index (χ0n) is 10.6. The lowest BCUT2D eigenvalue weighted by Gasteiger charge is -2.11. The first-order chi connectivity index (χ1) is 8.86. The molecule has 0 saturated carbocycles. The zero-order chi connectivity index (χ0) is 12.8. The minimum atomic E-state index is 0.316. The fourth-order valence-corrected chi connectivity index (χ4v) is 2.28. The van der Waals surface area contributed by atoms with Gasteiger partial charge in [-0.25, -0.2) is 4.68 Å². The highest BCUT2D eigenvalue weighted by molar-refractivity contribution is 5.19. The van der Waals surface area contributed by atoms with E-state index in [-0.39, 0.29) is 0 Å². The summed E-state index contributed by atoms with van der Waals surface area (Å²) in [5, 5.41) is 17.1. The van der Waals surface area contributed by atoms with Gasteiger partial charge in [0.2, 0.25) is 0 Å². The summed E-state index contributed by atoms with van der Waals surface area (Å²) in [6.45, 7) is 2.96. The van der Waals surface area contributed by atoms with Crippen LogP contribution in [0.3, 0.4) is 0 Å². The molecular formula is C12H18N4O2. The molecule has 0 amide bonds. The van der Waals surface area contributed by atoms with Crippen molar-refractivity contribution in [3.05, 3.63) is 11.4 Å². The second-order valence-corrected chi connectivity index (χ2v) is 4.39. The molecule has 0 aromatic carbocycles. The number of ether oxygens (including phenoxy) is 2. The Kier molecular flexibility index (Phi) is 4.67. The molecule has 2 rings (SSSR count). The quantitative estimate of drug-likeness (QED) is 0.701. The van der Waals surface area contributed by atoms with E-state index in [1.807, 2.05) is 4.68 Å². The number of nitrogens with zero attached hydrogens (tertiary/aromatic N) is 4. The van der Waals surface area contributed by atoms with E-state index in [4.69, 9.17) is 14.7 Å². The normalized spacial score (nSPS) is 19.0. The van der Waals surface area contributed by atoms with Crippen LogP contribution in [0.25, 0.3) is 0 Å². The lowest BCUT2D eigenvalue weighted by molar-refractivity contribution is 0.186. The molecule has 1 aromatic rings. The van der Waals surface area contributed by atoms with Gasteiger partial charge in [-0.3, -0.25) is 0 Å². The number of nitriles is 1. The molecule has 0 aliphatic carbocycles. The van der Waals surface area contributed by atoms with E-state index in [0.29, 0.717) is 25.6 Å². The highest BCUT2D eigenvalue weighted by atomic mass is 16.5. The third kappa shape index (κ3) is 2.86. The summed E-state index contributed by atoms with van der Waals surface area (Å²) in [5.74, 6) is 0.325. The van der Waals surface area contributed by atoms with Crippen LogP contribution in [0, 0.1) is 11.3 Å². The maximum atomic E-state index is 8.83. The van der Waals surface area contributed by atoms with Crippen molar-refractivity contribution in [1.82, 2.24) is 15.0 Å². The number of rotatable bonds is 6. The van der Waals surface area contributed by atoms with Crippen LogP contribution in [0.5, 0.6) is 0 Å². The average Bonchev–Trinajstić information content (AvgIpc) is 2.99. The van der Waals surface area contributed by atoms with Gasteiger partial charge in [-0.1, -0.05) is 5.21 Å². The van der Waals surface area contributed by atoms with Gasteiger partial charge in [0.15, 0.2) is 0 Å². The van der Waals surface area contributed by atoms with Crippen LogP contribution >= 0.6 is 0 Å². The Morgan fingerprint density at radius 3 is 3.17 bits per heavy atom. The molecule has 0 N–H and O–H groups in total. The summed E-state index contributed by atoms with van der Waals surface area (Å²) in [6, 6.07) is 2.15. The van der Waals surface area contributed by atoms with E-state index in [2.05, 4.69) is 16.4 Å². The maximum absolute atomic E-state index is 8.83. The van der Waals surface area contributed by atoms with Crippen molar-refractivity contribution in [2.24, 2.45) is 0 Å².